The first-order valence-electron chi connectivity index (χ1n) is 8.74. The van der Waals surface area contributed by atoms with Crippen LogP contribution in [0, 0.1) is 0 Å². The molecule has 0 bridgehead atoms. The van der Waals surface area contributed by atoms with Gasteiger partial charge in [0.25, 0.3) is 0 Å². The van der Waals surface area contributed by atoms with Crippen molar-refractivity contribution >= 4 is 17.5 Å². The summed E-state index contributed by atoms with van der Waals surface area (Å²) in [6, 6.07) is 7.52. The molecule has 2 aliphatic rings. The number of aryl methyl sites for hydroxylation is 1. The summed E-state index contributed by atoms with van der Waals surface area (Å²) in [5.74, 6) is -1.14. The van der Waals surface area contributed by atoms with Gasteiger partial charge >= 0.3 is 11.8 Å². The average molecular weight is 347 g/mol. The maximum absolute atomic E-state index is 12.6. The summed E-state index contributed by atoms with van der Waals surface area (Å²) >= 11 is 0. The number of nitrogens with one attached hydrogen (secondary N) is 2. The van der Waals surface area contributed by atoms with Gasteiger partial charge in [0.15, 0.2) is 0 Å². The third kappa shape index (κ3) is 4.18. The van der Waals surface area contributed by atoms with Crippen LogP contribution < -0.4 is 10.6 Å². The highest BCUT2D eigenvalue weighted by molar-refractivity contribution is 6.39. The molecule has 2 heterocycles. The van der Waals surface area contributed by atoms with Gasteiger partial charge in [0.05, 0.1) is 26.4 Å². The smallest absolute Gasteiger partial charge is 0.313 e. The molecule has 7 heteroatoms. The van der Waals surface area contributed by atoms with E-state index >= 15 is 0 Å². The zero-order valence-corrected chi connectivity index (χ0v) is 14.5. The first kappa shape index (κ1) is 17.8. The first-order valence-corrected chi connectivity index (χ1v) is 8.74. The topological polar surface area (TPSA) is 79.9 Å². The van der Waals surface area contributed by atoms with Crippen molar-refractivity contribution in [1.29, 1.82) is 0 Å². The minimum atomic E-state index is -0.611. The molecule has 1 atom stereocenters. The third-order valence-electron chi connectivity index (χ3n) is 4.61. The monoisotopic (exact) mass is 347 g/mol. The Hall–Kier alpha value is -1.96. The van der Waals surface area contributed by atoms with Crippen LogP contribution in [0.4, 0.5) is 5.69 Å². The number of benzene rings is 1. The Kier molecular flexibility index (Phi) is 5.67. The van der Waals surface area contributed by atoms with Gasteiger partial charge in [-0.15, -0.1) is 0 Å². The normalized spacial score (nSPS) is 24.0. The van der Waals surface area contributed by atoms with Gasteiger partial charge in [-0.1, -0.05) is 25.1 Å². The quantitative estimate of drug-likeness (QED) is 0.758. The molecular formula is C18H25N3O4. The SMILES string of the molecule is CCc1ccccc1NC(=O)C(=O)N1CCO[C@]2(CNCCOC2)C1. The molecule has 0 unspecified atom stereocenters. The summed E-state index contributed by atoms with van der Waals surface area (Å²) in [7, 11) is 0. The van der Waals surface area contributed by atoms with Crippen molar-refractivity contribution in [3.05, 3.63) is 29.8 Å². The second-order valence-electron chi connectivity index (χ2n) is 6.45. The maximum Gasteiger partial charge on any atom is 0.313 e. The second kappa shape index (κ2) is 7.95. The van der Waals surface area contributed by atoms with E-state index in [0.717, 1.165) is 18.5 Å². The molecule has 2 amide bonds. The van der Waals surface area contributed by atoms with Crippen LogP contribution in [0.25, 0.3) is 0 Å². The Morgan fingerprint density at radius 2 is 2.16 bits per heavy atom. The predicted octanol–water partition coefficient (Wildman–Crippen LogP) is 0.405. The van der Waals surface area contributed by atoms with Gasteiger partial charge < -0.3 is 25.0 Å². The number of hydrogen-bond donors (Lipinski definition) is 2. The molecule has 3 rings (SSSR count). The van der Waals surface area contributed by atoms with Crippen LogP contribution in [0.15, 0.2) is 24.3 Å². The number of morpholine rings is 1. The van der Waals surface area contributed by atoms with Crippen molar-refractivity contribution in [3.63, 3.8) is 0 Å². The van der Waals surface area contributed by atoms with Gasteiger partial charge in [-0.25, -0.2) is 0 Å². The number of hydrogen-bond acceptors (Lipinski definition) is 5. The van der Waals surface area contributed by atoms with Gasteiger partial charge in [0.1, 0.15) is 5.60 Å². The molecule has 0 aromatic heterocycles. The summed E-state index contributed by atoms with van der Waals surface area (Å²) in [5.41, 5.74) is 1.11. The van der Waals surface area contributed by atoms with Crippen LogP contribution in [-0.2, 0) is 25.5 Å². The Balaban J connectivity index is 1.66. The molecule has 2 aliphatic heterocycles. The molecule has 0 radical (unpaired) electrons. The predicted molar refractivity (Wildman–Crippen MR) is 93.4 cm³/mol. The van der Waals surface area contributed by atoms with Crippen molar-refractivity contribution in [3.8, 4) is 0 Å². The van der Waals surface area contributed by atoms with E-state index in [1.54, 1.807) is 4.90 Å². The molecule has 0 aliphatic carbocycles. The summed E-state index contributed by atoms with van der Waals surface area (Å²) < 4.78 is 11.5. The molecule has 1 aromatic carbocycles. The van der Waals surface area contributed by atoms with Gasteiger partial charge in [0, 0.05) is 25.3 Å². The fraction of sp³-hybridized carbons (Fsp3) is 0.556. The van der Waals surface area contributed by atoms with Crippen molar-refractivity contribution in [2.75, 3.05) is 51.3 Å². The van der Waals surface area contributed by atoms with Crippen LogP contribution in [0.5, 0.6) is 0 Å². The molecule has 7 nitrogen and oxygen atoms in total. The van der Waals surface area contributed by atoms with E-state index in [0.29, 0.717) is 45.1 Å². The summed E-state index contributed by atoms with van der Waals surface area (Å²) in [6.45, 7) is 5.57. The number of carbonyl (C=O) groups is 2. The largest absolute Gasteiger partial charge is 0.377 e. The van der Waals surface area contributed by atoms with Crippen LogP contribution in [0.1, 0.15) is 12.5 Å². The summed E-state index contributed by atoms with van der Waals surface area (Å²) in [4.78, 5) is 26.6. The molecule has 0 saturated carbocycles. The van der Waals surface area contributed by atoms with E-state index in [9.17, 15) is 9.59 Å². The van der Waals surface area contributed by atoms with Crippen molar-refractivity contribution in [2.45, 2.75) is 18.9 Å². The molecule has 2 saturated heterocycles. The molecule has 2 fully saturated rings. The molecule has 1 spiro atoms. The van der Waals surface area contributed by atoms with Gasteiger partial charge in [-0.2, -0.15) is 0 Å². The summed E-state index contributed by atoms with van der Waals surface area (Å²) in [6.07, 6.45) is 0.786. The fourth-order valence-corrected chi connectivity index (χ4v) is 3.25. The standard InChI is InChI=1S/C18H25N3O4/c1-2-14-5-3-4-6-15(14)20-16(22)17(23)21-8-10-25-18(12-21)11-19-7-9-24-13-18/h3-6,19H,2,7-13H2,1H3,(H,20,22)/t18-/m1/s1. The lowest BCUT2D eigenvalue weighted by Crippen LogP contribution is -2.60. The first-order chi connectivity index (χ1) is 12.1. The maximum atomic E-state index is 12.6. The zero-order chi connectivity index (χ0) is 17.7. The lowest BCUT2D eigenvalue weighted by molar-refractivity contribution is -0.162. The average Bonchev–Trinajstić information content (AvgIpc) is 2.87. The van der Waals surface area contributed by atoms with E-state index in [1.165, 1.54) is 0 Å². The minimum Gasteiger partial charge on any atom is -0.377 e. The van der Waals surface area contributed by atoms with Crippen LogP contribution in [-0.4, -0.2) is 68.3 Å². The van der Waals surface area contributed by atoms with E-state index < -0.39 is 17.4 Å². The van der Waals surface area contributed by atoms with Crippen molar-refractivity contribution in [1.82, 2.24) is 10.2 Å². The highest BCUT2D eigenvalue weighted by atomic mass is 16.5. The summed E-state index contributed by atoms with van der Waals surface area (Å²) in [5, 5.41) is 6.01. The number of carbonyl (C=O) groups excluding carboxylic acids is 2. The highest BCUT2D eigenvalue weighted by Crippen LogP contribution is 2.21. The highest BCUT2D eigenvalue weighted by Gasteiger charge is 2.40. The molecular weight excluding hydrogens is 322 g/mol. The number of para-hydroxylation sites is 1. The second-order valence-corrected chi connectivity index (χ2v) is 6.45. The van der Waals surface area contributed by atoms with Crippen molar-refractivity contribution < 1.29 is 19.1 Å². The van der Waals surface area contributed by atoms with Crippen LogP contribution in [0.2, 0.25) is 0 Å². The number of rotatable bonds is 2. The van der Waals surface area contributed by atoms with Gasteiger partial charge in [0.2, 0.25) is 0 Å². The van der Waals surface area contributed by atoms with E-state index in [2.05, 4.69) is 10.6 Å². The van der Waals surface area contributed by atoms with Crippen molar-refractivity contribution in [2.24, 2.45) is 0 Å². The lowest BCUT2D eigenvalue weighted by Gasteiger charge is -2.41. The third-order valence-corrected chi connectivity index (χ3v) is 4.61. The van der Waals surface area contributed by atoms with Gasteiger partial charge in [-0.05, 0) is 18.1 Å². The van der Waals surface area contributed by atoms with Crippen LogP contribution >= 0.6 is 0 Å². The zero-order valence-electron chi connectivity index (χ0n) is 14.5. The Morgan fingerprint density at radius 1 is 1.32 bits per heavy atom. The Morgan fingerprint density at radius 3 is 3.00 bits per heavy atom. The molecule has 2 N–H and O–H groups in total. The number of amides is 2. The number of ether oxygens (including phenoxy) is 2. The number of nitrogens with zero attached hydrogens (tertiary/aromatic N) is 1. The Labute approximate surface area is 147 Å². The van der Waals surface area contributed by atoms with E-state index in [-0.39, 0.29) is 0 Å². The van der Waals surface area contributed by atoms with Crippen LogP contribution in [0.3, 0.4) is 0 Å². The minimum absolute atomic E-state index is 0.349. The lowest BCUT2D eigenvalue weighted by atomic mass is 10.0. The van der Waals surface area contributed by atoms with E-state index in [1.807, 2.05) is 31.2 Å². The van der Waals surface area contributed by atoms with Gasteiger partial charge in [-0.3, -0.25) is 9.59 Å². The van der Waals surface area contributed by atoms with E-state index in [4.69, 9.17) is 9.47 Å². The molecule has 136 valence electrons. The molecule has 1 aromatic rings. The number of anilines is 1. The molecule has 25 heavy (non-hydrogen) atoms. The fourth-order valence-electron chi connectivity index (χ4n) is 3.25. The Bertz CT molecular complexity index is 627.